The van der Waals surface area contributed by atoms with E-state index in [0.29, 0.717) is 0 Å². The zero-order valence-corrected chi connectivity index (χ0v) is 11.4. The Balaban J connectivity index is 1.78. The van der Waals surface area contributed by atoms with Crippen molar-refractivity contribution in [3.63, 3.8) is 0 Å². The van der Waals surface area contributed by atoms with E-state index in [4.69, 9.17) is 0 Å². The second-order valence-corrected chi connectivity index (χ2v) is 6.15. The third-order valence-corrected chi connectivity index (χ3v) is 4.48. The van der Waals surface area contributed by atoms with Crippen molar-refractivity contribution in [3.8, 4) is 0 Å². The Morgan fingerprint density at radius 3 is 1.50 bits per heavy atom. The molecule has 3 heterocycles. The van der Waals surface area contributed by atoms with Crippen molar-refractivity contribution >= 4 is 17.1 Å². The van der Waals surface area contributed by atoms with Gasteiger partial charge in [-0.15, -0.1) is 0 Å². The van der Waals surface area contributed by atoms with E-state index in [-0.39, 0.29) is 0 Å². The van der Waals surface area contributed by atoms with Crippen molar-refractivity contribution in [3.05, 3.63) is 18.2 Å². The van der Waals surface area contributed by atoms with E-state index in [1.165, 1.54) is 36.7 Å². The van der Waals surface area contributed by atoms with Crippen LogP contribution >= 0.6 is 0 Å². The molecule has 0 aromatic heterocycles. The summed E-state index contributed by atoms with van der Waals surface area (Å²) in [6.07, 6.45) is 0. The Morgan fingerprint density at radius 2 is 1.17 bits per heavy atom. The monoisotopic (exact) mass is 243 g/mol. The fraction of sp³-hybridized carbons (Fsp3) is 0.600. The fourth-order valence-corrected chi connectivity index (χ4v) is 2.97. The van der Waals surface area contributed by atoms with Crippen molar-refractivity contribution in [2.75, 3.05) is 34.3 Å². The predicted molar refractivity (Wildman–Crippen MR) is 76.9 cm³/mol. The fourth-order valence-electron chi connectivity index (χ4n) is 2.97. The second kappa shape index (κ2) is 3.34. The molecule has 0 N–H and O–H groups in total. The van der Waals surface area contributed by atoms with Gasteiger partial charge in [0.15, 0.2) is 0 Å². The molecule has 3 aliphatic heterocycles. The molecule has 3 atom stereocenters. The Labute approximate surface area is 109 Å². The third-order valence-electron chi connectivity index (χ3n) is 4.48. The summed E-state index contributed by atoms with van der Waals surface area (Å²) in [5.74, 6) is 0. The molecule has 3 heteroatoms. The molecule has 3 saturated heterocycles. The molecule has 3 nitrogen and oxygen atoms in total. The van der Waals surface area contributed by atoms with Crippen LogP contribution in [-0.4, -0.2) is 37.8 Å². The second-order valence-electron chi connectivity index (χ2n) is 6.15. The van der Waals surface area contributed by atoms with Gasteiger partial charge in [0.2, 0.25) is 0 Å². The molecule has 0 bridgehead atoms. The van der Waals surface area contributed by atoms with Gasteiger partial charge in [0.1, 0.15) is 0 Å². The predicted octanol–water partition coefficient (Wildman–Crippen LogP) is 2.31. The lowest BCUT2D eigenvalue weighted by Gasteiger charge is -2.19. The number of hydrogen-bond donors (Lipinski definition) is 0. The minimum absolute atomic E-state index is 0.718. The molecule has 96 valence electrons. The molecule has 3 fully saturated rings. The molecule has 0 spiro atoms. The van der Waals surface area contributed by atoms with Crippen LogP contribution in [0.5, 0.6) is 0 Å². The van der Waals surface area contributed by atoms with Gasteiger partial charge in [-0.25, -0.2) is 0 Å². The third kappa shape index (κ3) is 1.49. The van der Waals surface area contributed by atoms with E-state index in [1.807, 2.05) is 0 Å². The van der Waals surface area contributed by atoms with Gasteiger partial charge in [0, 0.05) is 37.8 Å². The lowest BCUT2D eigenvalue weighted by atomic mass is 10.2. The van der Waals surface area contributed by atoms with Crippen LogP contribution in [0.4, 0.5) is 17.1 Å². The Bertz CT molecular complexity index is 464. The highest BCUT2D eigenvalue weighted by molar-refractivity contribution is 5.89. The van der Waals surface area contributed by atoms with Gasteiger partial charge in [0.25, 0.3) is 0 Å². The van der Waals surface area contributed by atoms with E-state index >= 15 is 0 Å². The summed E-state index contributed by atoms with van der Waals surface area (Å²) in [6.45, 7) is 10.6. The highest BCUT2D eigenvalue weighted by Gasteiger charge is 2.41. The summed E-state index contributed by atoms with van der Waals surface area (Å²) in [5, 5.41) is 0. The molecule has 4 rings (SSSR count). The normalized spacial score (nSPS) is 32.8. The van der Waals surface area contributed by atoms with Crippen molar-refractivity contribution in [1.82, 2.24) is 0 Å². The number of hydrogen-bond acceptors (Lipinski definition) is 3. The molecular formula is C15H21N3. The highest BCUT2D eigenvalue weighted by atomic mass is 15.4. The van der Waals surface area contributed by atoms with E-state index in [0.717, 1.165) is 18.1 Å². The van der Waals surface area contributed by atoms with Crippen molar-refractivity contribution in [2.24, 2.45) is 0 Å². The van der Waals surface area contributed by atoms with E-state index < -0.39 is 0 Å². The Kier molecular flexibility index (Phi) is 1.95. The first-order chi connectivity index (χ1) is 8.66. The summed E-state index contributed by atoms with van der Waals surface area (Å²) >= 11 is 0. The van der Waals surface area contributed by atoms with Crippen LogP contribution < -0.4 is 14.7 Å². The molecule has 1 aromatic carbocycles. The molecule has 3 aliphatic rings. The van der Waals surface area contributed by atoms with Crippen LogP contribution in [0.15, 0.2) is 18.2 Å². The first-order valence-electron chi connectivity index (χ1n) is 7.09. The molecule has 1 aromatic rings. The van der Waals surface area contributed by atoms with Crippen molar-refractivity contribution in [1.29, 1.82) is 0 Å². The maximum atomic E-state index is 2.54. The number of para-hydroxylation sites is 1. The van der Waals surface area contributed by atoms with Gasteiger partial charge in [0.05, 0.1) is 17.1 Å². The van der Waals surface area contributed by atoms with E-state index in [1.54, 1.807) is 0 Å². The molecule has 0 radical (unpaired) electrons. The quantitative estimate of drug-likeness (QED) is 0.754. The van der Waals surface area contributed by atoms with Gasteiger partial charge < -0.3 is 14.7 Å². The molecule has 3 unspecified atom stereocenters. The van der Waals surface area contributed by atoms with Crippen LogP contribution in [0.1, 0.15) is 20.8 Å². The smallest absolute Gasteiger partial charge is 0.0845 e. The Hall–Kier alpha value is -1.38. The number of nitrogens with zero attached hydrogens (tertiary/aromatic N) is 3. The van der Waals surface area contributed by atoms with Crippen LogP contribution in [-0.2, 0) is 0 Å². The average Bonchev–Trinajstić information content (AvgIpc) is 3.23. The van der Waals surface area contributed by atoms with Gasteiger partial charge >= 0.3 is 0 Å². The average molecular weight is 243 g/mol. The first-order valence-corrected chi connectivity index (χ1v) is 7.09. The van der Waals surface area contributed by atoms with E-state index in [2.05, 4.69) is 53.7 Å². The summed E-state index contributed by atoms with van der Waals surface area (Å²) in [7, 11) is 0. The number of benzene rings is 1. The largest absolute Gasteiger partial charge is 0.363 e. The number of anilines is 3. The molecule has 0 aliphatic carbocycles. The number of rotatable bonds is 3. The van der Waals surface area contributed by atoms with Gasteiger partial charge in [-0.05, 0) is 32.9 Å². The Morgan fingerprint density at radius 1 is 0.778 bits per heavy atom. The van der Waals surface area contributed by atoms with Crippen molar-refractivity contribution in [2.45, 2.75) is 38.9 Å². The summed E-state index contributed by atoms with van der Waals surface area (Å²) in [6, 6.07) is 8.97. The van der Waals surface area contributed by atoms with Crippen LogP contribution in [0.3, 0.4) is 0 Å². The van der Waals surface area contributed by atoms with Gasteiger partial charge in [-0.3, -0.25) is 0 Å². The van der Waals surface area contributed by atoms with Gasteiger partial charge in [-0.1, -0.05) is 6.07 Å². The SMILES string of the molecule is CC1CN1c1cccc(N2CC2C)c1N1CC1C. The zero-order valence-electron chi connectivity index (χ0n) is 11.4. The molecule has 18 heavy (non-hydrogen) atoms. The summed E-state index contributed by atoms with van der Waals surface area (Å²) < 4.78 is 0. The maximum Gasteiger partial charge on any atom is 0.0845 e. The maximum absolute atomic E-state index is 2.54. The zero-order chi connectivity index (χ0) is 12.4. The highest BCUT2D eigenvalue weighted by Crippen LogP contribution is 2.48. The molecular weight excluding hydrogens is 222 g/mol. The molecule has 0 saturated carbocycles. The lowest BCUT2D eigenvalue weighted by Crippen LogP contribution is -2.08. The molecule has 0 amide bonds. The van der Waals surface area contributed by atoms with Crippen LogP contribution in [0, 0.1) is 0 Å². The van der Waals surface area contributed by atoms with Crippen LogP contribution in [0.25, 0.3) is 0 Å². The van der Waals surface area contributed by atoms with Crippen LogP contribution in [0.2, 0.25) is 0 Å². The van der Waals surface area contributed by atoms with Crippen molar-refractivity contribution < 1.29 is 0 Å². The summed E-state index contributed by atoms with van der Waals surface area (Å²) in [4.78, 5) is 7.57. The minimum atomic E-state index is 0.718. The van der Waals surface area contributed by atoms with E-state index in [9.17, 15) is 0 Å². The lowest BCUT2D eigenvalue weighted by molar-refractivity contribution is 1.10. The summed E-state index contributed by atoms with van der Waals surface area (Å²) in [5.41, 5.74) is 4.38. The first kappa shape index (κ1) is 10.5. The topological polar surface area (TPSA) is 9.03 Å². The minimum Gasteiger partial charge on any atom is -0.363 e. The standard InChI is InChI=1S/C15H21N3/c1-10-7-16(10)13-5-4-6-14(17-8-11(17)2)15(13)18-9-12(18)3/h4-6,10-12H,7-9H2,1-3H3. The van der Waals surface area contributed by atoms with Gasteiger partial charge in [-0.2, -0.15) is 0 Å².